The van der Waals surface area contributed by atoms with Gasteiger partial charge in [0.2, 0.25) is 18.4 Å². The van der Waals surface area contributed by atoms with Crippen LogP contribution in [0.5, 0.6) is 6.01 Å². The molecule has 2 fully saturated rings. The van der Waals surface area contributed by atoms with Gasteiger partial charge < -0.3 is 29.2 Å². The van der Waals surface area contributed by atoms with Gasteiger partial charge in [-0.3, -0.25) is 4.79 Å². The third kappa shape index (κ3) is 7.03. The number of rotatable bonds is 9. The highest BCUT2D eigenvalue weighted by atomic mass is 19.3. The molecule has 11 heteroatoms. The van der Waals surface area contributed by atoms with Gasteiger partial charge >= 0.3 is 6.01 Å². The molecule has 0 bridgehead atoms. The number of alkyl halides is 2. The minimum Gasteiger partial charge on any atom is -0.462 e. The van der Waals surface area contributed by atoms with E-state index in [1.165, 1.54) is 28.1 Å². The maximum Gasteiger partial charge on any atom is 0.318 e. The molecule has 3 heterocycles. The fourth-order valence-electron chi connectivity index (χ4n) is 7.34. The van der Waals surface area contributed by atoms with Crippen molar-refractivity contribution >= 4 is 28.2 Å². The largest absolute Gasteiger partial charge is 0.462 e. The number of hydrogen-bond acceptors (Lipinski definition) is 7. The van der Waals surface area contributed by atoms with Gasteiger partial charge in [0.1, 0.15) is 18.5 Å². The Morgan fingerprint density at radius 3 is 2.66 bits per heavy atom. The standard InChI is InChI=1S/C36H43F2N7O2/c1-5-32(46)45-19-18-44(23-28(45)22-39-3)34-29-14-17-43(31-11-7-10-26-9-6-8-25(2)33(26)31)24-30(29)40-35(41-34)47-21-20-42(4)27-12-15-36(37,38)16-13-27/h5-11,27-28H,1,12-24H2,2,4H3/t28-/m0/s1. The van der Waals surface area contributed by atoms with Gasteiger partial charge in [0, 0.05) is 68.2 Å². The van der Waals surface area contributed by atoms with Crippen molar-refractivity contribution in [2.45, 2.75) is 63.6 Å². The van der Waals surface area contributed by atoms with Crippen LogP contribution in [-0.2, 0) is 17.8 Å². The molecule has 0 N–H and O–H groups in total. The van der Waals surface area contributed by atoms with Gasteiger partial charge in [-0.25, -0.2) is 15.4 Å². The van der Waals surface area contributed by atoms with E-state index >= 15 is 0 Å². The average Bonchev–Trinajstić information content (AvgIpc) is 3.07. The van der Waals surface area contributed by atoms with E-state index in [2.05, 4.69) is 69.4 Å². The fraction of sp³-hybridized carbons (Fsp3) is 0.500. The maximum atomic E-state index is 13.7. The van der Waals surface area contributed by atoms with Gasteiger partial charge in [0.25, 0.3) is 0 Å². The first-order valence-electron chi connectivity index (χ1n) is 16.5. The molecule has 0 spiro atoms. The summed E-state index contributed by atoms with van der Waals surface area (Å²) in [5.41, 5.74) is 4.36. The van der Waals surface area contributed by atoms with Gasteiger partial charge in [-0.2, -0.15) is 9.97 Å². The van der Waals surface area contributed by atoms with Gasteiger partial charge in [-0.15, -0.1) is 0 Å². The number of likely N-dealkylation sites (N-methyl/N-ethyl adjacent to an activating group) is 1. The molecule has 1 saturated heterocycles. The number of piperazine rings is 1. The Labute approximate surface area is 275 Å². The third-order valence-electron chi connectivity index (χ3n) is 9.98. The van der Waals surface area contributed by atoms with Crippen LogP contribution in [0.3, 0.4) is 0 Å². The molecule has 1 atom stereocenters. The van der Waals surface area contributed by atoms with Crippen molar-refractivity contribution < 1.29 is 18.3 Å². The number of carbonyl (C=O) groups is 1. The Bertz CT molecular complexity index is 1660. The lowest BCUT2D eigenvalue weighted by molar-refractivity contribution is -0.128. The highest BCUT2D eigenvalue weighted by Gasteiger charge is 2.37. The summed E-state index contributed by atoms with van der Waals surface area (Å²) in [6, 6.07) is 12.9. The normalized spacial score (nSPS) is 19.8. The van der Waals surface area contributed by atoms with Crippen molar-refractivity contribution in [1.29, 1.82) is 0 Å². The number of ether oxygens (including phenoxy) is 1. The highest BCUT2D eigenvalue weighted by Crippen LogP contribution is 2.37. The third-order valence-corrected chi connectivity index (χ3v) is 9.98. The molecule has 9 nitrogen and oxygen atoms in total. The number of anilines is 2. The van der Waals surface area contributed by atoms with Crippen molar-refractivity contribution in [3.8, 4) is 6.01 Å². The van der Waals surface area contributed by atoms with Crippen molar-refractivity contribution in [2.24, 2.45) is 0 Å². The van der Waals surface area contributed by atoms with Crippen LogP contribution in [0.2, 0.25) is 0 Å². The molecule has 2 aromatic carbocycles. The van der Waals surface area contributed by atoms with Crippen LogP contribution < -0.4 is 14.5 Å². The quantitative estimate of drug-likeness (QED) is 0.225. The summed E-state index contributed by atoms with van der Waals surface area (Å²) in [6.07, 6.45) is 2.84. The van der Waals surface area contributed by atoms with Gasteiger partial charge in [0.15, 0.2) is 0 Å². The first-order chi connectivity index (χ1) is 22.7. The number of amides is 1. The van der Waals surface area contributed by atoms with Gasteiger partial charge in [-0.1, -0.05) is 36.9 Å². The number of fused-ring (bicyclic) bond motifs is 2. The number of hydrogen-bond donors (Lipinski definition) is 0. The lowest BCUT2D eigenvalue weighted by Crippen LogP contribution is -2.56. The molecular formula is C36H43F2N7O2. The summed E-state index contributed by atoms with van der Waals surface area (Å²) < 4.78 is 33.6. The smallest absolute Gasteiger partial charge is 0.318 e. The Hall–Kier alpha value is -4.30. The zero-order chi connectivity index (χ0) is 33.1. The molecule has 0 unspecified atom stereocenters. The molecular weight excluding hydrogens is 600 g/mol. The molecule has 1 aromatic heterocycles. The minimum atomic E-state index is -2.56. The Balaban J connectivity index is 1.27. The Morgan fingerprint density at radius 1 is 1.15 bits per heavy atom. The molecule has 3 aliphatic rings. The van der Waals surface area contributed by atoms with E-state index in [0.717, 1.165) is 30.0 Å². The Morgan fingerprint density at radius 2 is 1.91 bits per heavy atom. The first kappa shape index (κ1) is 32.6. The van der Waals surface area contributed by atoms with Crippen LogP contribution in [0, 0.1) is 13.5 Å². The second kappa shape index (κ2) is 13.8. The van der Waals surface area contributed by atoms with Crippen molar-refractivity contribution in [3.63, 3.8) is 0 Å². The molecule has 1 saturated carbocycles. The van der Waals surface area contributed by atoms with E-state index in [9.17, 15) is 13.6 Å². The lowest BCUT2D eigenvalue weighted by atomic mass is 9.91. The molecule has 1 amide bonds. The van der Waals surface area contributed by atoms with Crippen molar-refractivity contribution in [1.82, 2.24) is 19.8 Å². The van der Waals surface area contributed by atoms with E-state index in [4.69, 9.17) is 21.3 Å². The van der Waals surface area contributed by atoms with Crippen LogP contribution in [0.15, 0.2) is 49.1 Å². The number of aromatic nitrogens is 2. The van der Waals surface area contributed by atoms with E-state index < -0.39 is 5.92 Å². The predicted octanol–water partition coefficient (Wildman–Crippen LogP) is 5.51. The topological polar surface area (TPSA) is 69.4 Å². The molecule has 248 valence electrons. The SMILES string of the molecule is [C-]#[N+]C[C@H]1CN(c2nc(OCCN(C)C3CCC(F)(F)CC3)nc3c2CCN(c2cccc4cccc(C)c24)C3)CCN1C(=O)C=C. The summed E-state index contributed by atoms with van der Waals surface area (Å²) in [6.45, 7) is 17.3. The van der Waals surface area contributed by atoms with E-state index in [1.54, 1.807) is 4.90 Å². The van der Waals surface area contributed by atoms with Gasteiger partial charge in [-0.05, 0) is 56.3 Å². The predicted molar refractivity (Wildman–Crippen MR) is 180 cm³/mol. The van der Waals surface area contributed by atoms with Crippen LogP contribution >= 0.6 is 0 Å². The second-order valence-corrected chi connectivity index (χ2v) is 13.0. The maximum absolute atomic E-state index is 13.7. The molecule has 3 aromatic rings. The summed E-state index contributed by atoms with van der Waals surface area (Å²) in [7, 11) is 1.96. The summed E-state index contributed by atoms with van der Waals surface area (Å²) in [5, 5.41) is 2.43. The number of nitrogens with zero attached hydrogens (tertiary/aromatic N) is 7. The van der Waals surface area contributed by atoms with Gasteiger partial charge in [0.05, 0.1) is 12.2 Å². The first-order valence-corrected chi connectivity index (χ1v) is 16.5. The minimum absolute atomic E-state index is 0.0764. The van der Waals surface area contributed by atoms with E-state index in [-0.39, 0.29) is 43.4 Å². The molecule has 0 radical (unpaired) electrons. The fourth-order valence-corrected chi connectivity index (χ4v) is 7.34. The van der Waals surface area contributed by atoms with Crippen molar-refractivity contribution in [2.75, 3.05) is 62.7 Å². The molecule has 47 heavy (non-hydrogen) atoms. The zero-order valence-corrected chi connectivity index (χ0v) is 27.3. The monoisotopic (exact) mass is 643 g/mol. The highest BCUT2D eigenvalue weighted by molar-refractivity contribution is 5.97. The lowest BCUT2D eigenvalue weighted by Gasteiger charge is -2.41. The second-order valence-electron chi connectivity index (χ2n) is 13.0. The van der Waals surface area contributed by atoms with E-state index in [1.807, 2.05) is 7.05 Å². The molecule has 6 rings (SSSR count). The average molecular weight is 644 g/mol. The summed E-state index contributed by atoms with van der Waals surface area (Å²) in [4.78, 5) is 34.5. The molecule has 2 aliphatic heterocycles. The number of benzene rings is 2. The van der Waals surface area contributed by atoms with Crippen LogP contribution in [0.4, 0.5) is 20.3 Å². The number of halogens is 2. The Kier molecular flexibility index (Phi) is 9.60. The molecule has 1 aliphatic carbocycles. The van der Waals surface area contributed by atoms with Crippen molar-refractivity contribution in [3.05, 3.63) is 77.3 Å². The zero-order valence-electron chi connectivity index (χ0n) is 27.3. The van der Waals surface area contributed by atoms with E-state index in [0.29, 0.717) is 52.2 Å². The van der Waals surface area contributed by atoms with Crippen LogP contribution in [-0.4, -0.2) is 96.6 Å². The number of carbonyl (C=O) groups excluding carboxylic acids is 1. The number of aryl methyl sites for hydroxylation is 1. The summed E-state index contributed by atoms with van der Waals surface area (Å²) >= 11 is 0. The van der Waals surface area contributed by atoms with Crippen LogP contribution in [0.25, 0.3) is 15.6 Å². The summed E-state index contributed by atoms with van der Waals surface area (Å²) in [5.74, 6) is -1.93. The van der Waals surface area contributed by atoms with Crippen LogP contribution in [0.1, 0.15) is 42.5 Å².